The van der Waals surface area contributed by atoms with E-state index in [1.54, 1.807) is 6.92 Å². The molecule has 0 saturated heterocycles. The summed E-state index contributed by atoms with van der Waals surface area (Å²) in [4.78, 5) is 13.5. The summed E-state index contributed by atoms with van der Waals surface area (Å²) in [5.41, 5.74) is 1.20. The lowest BCUT2D eigenvalue weighted by Crippen LogP contribution is -2.17. The van der Waals surface area contributed by atoms with Crippen molar-refractivity contribution < 1.29 is 27.4 Å². The minimum atomic E-state index is -4.05. The molecule has 0 radical (unpaired) electrons. The Bertz CT molecular complexity index is 1030. The molecular weight excluding hydrogens is 482 g/mol. The summed E-state index contributed by atoms with van der Waals surface area (Å²) in [5, 5.41) is 0.277. The van der Waals surface area contributed by atoms with Crippen LogP contribution in [-0.4, -0.2) is 35.2 Å². The Hall–Kier alpha value is -1.78. The van der Waals surface area contributed by atoms with E-state index in [0.717, 1.165) is 36.1 Å². The number of fused-ring (bicyclic) bond motifs is 1. The summed E-state index contributed by atoms with van der Waals surface area (Å²) in [7, 11) is -1.21. The van der Waals surface area contributed by atoms with E-state index in [1.165, 1.54) is 37.7 Å². The first-order valence-electron chi connectivity index (χ1n) is 9.08. The molecule has 1 aliphatic carbocycles. The predicted molar refractivity (Wildman–Crippen MR) is 115 cm³/mol. The minimum absolute atomic E-state index is 0.0822. The number of nitrogens with one attached hydrogen (secondary N) is 1. The number of hydrogen-bond donors (Lipinski definition) is 1. The van der Waals surface area contributed by atoms with E-state index in [2.05, 4.69) is 20.7 Å². The second kappa shape index (κ2) is 8.93. The number of carbonyl (C=O) groups excluding carboxylic acids is 1. The molecule has 3 rings (SSSR count). The third kappa shape index (κ3) is 4.39. The van der Waals surface area contributed by atoms with Gasteiger partial charge in [-0.05, 0) is 60.2 Å². The van der Waals surface area contributed by atoms with Crippen molar-refractivity contribution in [3.63, 3.8) is 0 Å². The van der Waals surface area contributed by atoms with Gasteiger partial charge < -0.3 is 14.2 Å². The molecule has 0 atom stereocenters. The monoisotopic (exact) mass is 503 g/mol. The molecule has 0 fully saturated rings. The van der Waals surface area contributed by atoms with Gasteiger partial charge in [0.2, 0.25) is 0 Å². The summed E-state index contributed by atoms with van der Waals surface area (Å²) >= 11 is 4.61. The molecule has 0 bridgehead atoms. The summed E-state index contributed by atoms with van der Waals surface area (Å²) in [5.74, 6) is -0.00334. The Morgan fingerprint density at radius 2 is 1.86 bits per heavy atom. The van der Waals surface area contributed by atoms with Crippen LogP contribution in [0.15, 0.2) is 21.5 Å². The topological polar surface area (TPSA) is 90.9 Å². The predicted octanol–water partition coefficient (Wildman–Crippen LogP) is 4.38. The highest BCUT2D eigenvalue weighted by atomic mass is 79.9. The van der Waals surface area contributed by atoms with Crippen LogP contribution >= 0.6 is 27.3 Å². The van der Waals surface area contributed by atoms with Gasteiger partial charge in [0, 0.05) is 10.9 Å². The number of carbonyl (C=O) groups is 1. The molecule has 0 spiro atoms. The van der Waals surface area contributed by atoms with Gasteiger partial charge in [-0.25, -0.2) is 13.2 Å². The van der Waals surface area contributed by atoms with Gasteiger partial charge in [-0.2, -0.15) is 0 Å². The van der Waals surface area contributed by atoms with Crippen molar-refractivity contribution in [2.45, 2.75) is 37.5 Å². The summed E-state index contributed by atoms with van der Waals surface area (Å²) in [6, 6.07) is 2.90. The van der Waals surface area contributed by atoms with E-state index >= 15 is 0 Å². The summed E-state index contributed by atoms with van der Waals surface area (Å²) < 4.78 is 45.2. The number of ether oxygens (including phenoxy) is 3. The van der Waals surface area contributed by atoms with E-state index in [0.29, 0.717) is 15.8 Å². The van der Waals surface area contributed by atoms with Crippen molar-refractivity contribution in [3.8, 4) is 11.5 Å². The summed E-state index contributed by atoms with van der Waals surface area (Å²) in [6.07, 6.45) is 3.53. The molecule has 0 unspecified atom stereocenters. The van der Waals surface area contributed by atoms with Gasteiger partial charge in [0.1, 0.15) is 21.4 Å². The van der Waals surface area contributed by atoms with E-state index in [4.69, 9.17) is 14.2 Å². The van der Waals surface area contributed by atoms with E-state index in [1.807, 2.05) is 0 Å². The van der Waals surface area contributed by atoms with Crippen LogP contribution < -0.4 is 14.2 Å². The zero-order valence-corrected chi connectivity index (χ0v) is 19.6. The molecule has 2 aromatic rings. The molecular formula is C19H22BrNO6S2. The molecule has 1 aliphatic rings. The highest BCUT2D eigenvalue weighted by Crippen LogP contribution is 2.41. The SMILES string of the molecule is CCOC(=O)c1c(NS(=O)(=O)c2cc(OC)c(Br)cc2OC)sc2c1CCCC2. The number of halogens is 1. The van der Waals surface area contributed by atoms with Crippen molar-refractivity contribution in [2.24, 2.45) is 0 Å². The standard InChI is InChI=1S/C19H22BrNO6S2/c1-4-27-19(22)17-11-7-5-6-8-15(11)28-18(17)21-29(23,24)16-10-13(25-2)12(20)9-14(16)26-3/h9-10,21H,4-8H2,1-3H3. The Morgan fingerprint density at radius 3 is 2.52 bits per heavy atom. The van der Waals surface area contributed by atoms with Crippen LogP contribution in [0.3, 0.4) is 0 Å². The lowest BCUT2D eigenvalue weighted by atomic mass is 9.95. The lowest BCUT2D eigenvalue weighted by Gasteiger charge is -2.14. The van der Waals surface area contributed by atoms with E-state index < -0.39 is 16.0 Å². The number of aryl methyl sites for hydroxylation is 1. The van der Waals surface area contributed by atoms with Crippen molar-refractivity contribution in [2.75, 3.05) is 25.5 Å². The molecule has 7 nitrogen and oxygen atoms in total. The van der Waals surface area contributed by atoms with Gasteiger partial charge in [0.15, 0.2) is 0 Å². The van der Waals surface area contributed by atoms with Crippen LogP contribution in [-0.2, 0) is 27.6 Å². The molecule has 0 aliphatic heterocycles. The number of hydrogen-bond acceptors (Lipinski definition) is 7. The fourth-order valence-corrected chi connectivity index (χ4v) is 6.51. The average Bonchev–Trinajstić information content (AvgIpc) is 3.04. The van der Waals surface area contributed by atoms with Crippen LogP contribution in [0.2, 0.25) is 0 Å². The van der Waals surface area contributed by atoms with Gasteiger partial charge in [0.25, 0.3) is 10.0 Å². The molecule has 0 amide bonds. The molecule has 158 valence electrons. The molecule has 1 N–H and O–H groups in total. The molecule has 1 aromatic carbocycles. The maximum atomic E-state index is 13.2. The minimum Gasteiger partial charge on any atom is -0.496 e. The fourth-order valence-electron chi connectivity index (χ4n) is 3.28. The van der Waals surface area contributed by atoms with E-state index in [-0.39, 0.29) is 22.3 Å². The number of esters is 1. The number of sulfonamides is 1. The highest BCUT2D eigenvalue weighted by molar-refractivity contribution is 9.10. The number of anilines is 1. The fraction of sp³-hybridized carbons (Fsp3) is 0.421. The number of thiophene rings is 1. The van der Waals surface area contributed by atoms with Crippen LogP contribution in [0.25, 0.3) is 0 Å². The van der Waals surface area contributed by atoms with Crippen molar-refractivity contribution >= 4 is 48.3 Å². The van der Waals surface area contributed by atoms with Crippen LogP contribution in [0.1, 0.15) is 40.6 Å². The normalized spacial score (nSPS) is 13.5. The second-order valence-corrected chi connectivity index (χ2v) is 9.99. The lowest BCUT2D eigenvalue weighted by molar-refractivity contribution is 0.0526. The first kappa shape index (κ1) is 21.9. The van der Waals surface area contributed by atoms with E-state index in [9.17, 15) is 13.2 Å². The van der Waals surface area contributed by atoms with Gasteiger partial charge in [-0.1, -0.05) is 0 Å². The van der Waals surface area contributed by atoms with Gasteiger partial charge in [-0.3, -0.25) is 4.72 Å². The number of methoxy groups -OCH3 is 2. The third-order valence-electron chi connectivity index (χ3n) is 4.61. The van der Waals surface area contributed by atoms with Crippen molar-refractivity contribution in [3.05, 3.63) is 32.6 Å². The average molecular weight is 504 g/mol. The third-order valence-corrected chi connectivity index (χ3v) is 7.93. The molecule has 29 heavy (non-hydrogen) atoms. The smallest absolute Gasteiger partial charge is 0.341 e. The largest absolute Gasteiger partial charge is 0.496 e. The Kier molecular flexibility index (Phi) is 6.75. The number of benzene rings is 1. The maximum absolute atomic E-state index is 13.2. The molecule has 0 saturated carbocycles. The second-order valence-electron chi connectivity index (χ2n) is 6.38. The first-order valence-corrected chi connectivity index (χ1v) is 12.2. The highest BCUT2D eigenvalue weighted by Gasteiger charge is 2.30. The Morgan fingerprint density at radius 1 is 1.17 bits per heavy atom. The maximum Gasteiger partial charge on any atom is 0.341 e. The molecule has 10 heteroatoms. The Balaban J connectivity index is 2.08. The van der Waals surface area contributed by atoms with Crippen LogP contribution in [0.4, 0.5) is 5.00 Å². The van der Waals surface area contributed by atoms with Crippen molar-refractivity contribution in [1.82, 2.24) is 0 Å². The van der Waals surface area contributed by atoms with Crippen molar-refractivity contribution in [1.29, 1.82) is 0 Å². The van der Waals surface area contributed by atoms with Crippen LogP contribution in [0.5, 0.6) is 11.5 Å². The van der Waals surface area contributed by atoms with Gasteiger partial charge in [0.05, 0.1) is 30.9 Å². The number of rotatable bonds is 7. The van der Waals surface area contributed by atoms with Crippen LogP contribution in [0, 0.1) is 0 Å². The Labute approximate surface area is 182 Å². The quantitative estimate of drug-likeness (QED) is 0.563. The molecule has 1 aromatic heterocycles. The van der Waals surface area contributed by atoms with Gasteiger partial charge >= 0.3 is 5.97 Å². The zero-order chi connectivity index (χ0) is 21.2. The summed E-state index contributed by atoms with van der Waals surface area (Å²) in [6.45, 7) is 1.94. The van der Waals surface area contributed by atoms with Gasteiger partial charge in [-0.15, -0.1) is 11.3 Å². The first-order chi connectivity index (χ1) is 13.8. The molecule has 1 heterocycles. The zero-order valence-electron chi connectivity index (χ0n) is 16.3.